The molecule has 2 saturated heterocycles. The summed E-state index contributed by atoms with van der Waals surface area (Å²) in [6.45, 7) is 10.9. The Morgan fingerprint density at radius 3 is 1.26 bits per heavy atom. The summed E-state index contributed by atoms with van der Waals surface area (Å²) in [7, 11) is 6.03. The van der Waals surface area contributed by atoms with Crippen molar-refractivity contribution in [1.82, 2.24) is 40.8 Å². The highest BCUT2D eigenvalue weighted by molar-refractivity contribution is 6.33. The van der Waals surface area contributed by atoms with Gasteiger partial charge in [0.2, 0.25) is 17.7 Å². The zero-order valence-corrected chi connectivity index (χ0v) is 88.1. The summed E-state index contributed by atoms with van der Waals surface area (Å²) < 4.78 is 75.2. The van der Waals surface area contributed by atoms with E-state index in [-0.39, 0.29) is 124 Å². The van der Waals surface area contributed by atoms with Gasteiger partial charge in [-0.05, 0) is 194 Å². The quantitative estimate of drug-likeness (QED) is 0.0204. The Balaban J connectivity index is 0.000000201. The molecule has 0 spiro atoms. The molecule has 2 fully saturated rings. The first-order chi connectivity index (χ1) is 72.3. The van der Waals surface area contributed by atoms with Crippen molar-refractivity contribution < 1.29 is 80.5 Å². The molecule has 4 aliphatic rings. The van der Waals surface area contributed by atoms with Crippen LogP contribution in [0.5, 0.6) is 23.0 Å². The number of Topliss-reactive ketones (excluding diaryl/α,β-unsaturated/α-hetero) is 2. The molecule has 4 atom stereocenters. The number of carbonyl (C=O) groups excluding carboxylic acids is 5. The number of nitrogens with one attached hydrogen (secondary N) is 3. The van der Waals surface area contributed by atoms with E-state index >= 15 is 8.78 Å². The third-order valence-electron chi connectivity index (χ3n) is 25.8. The summed E-state index contributed by atoms with van der Waals surface area (Å²) in [6, 6.07) is 63.4. The molecule has 10 aromatic carbocycles. The van der Waals surface area contributed by atoms with Crippen molar-refractivity contribution in [3.63, 3.8) is 0 Å². The molecule has 4 N–H and O–H groups in total. The van der Waals surface area contributed by atoms with Crippen LogP contribution in [0.3, 0.4) is 0 Å². The van der Waals surface area contributed by atoms with Gasteiger partial charge in [0, 0.05) is 197 Å². The molecule has 35 heteroatoms. The van der Waals surface area contributed by atoms with Crippen LogP contribution in [0.25, 0.3) is 22.5 Å². The van der Waals surface area contributed by atoms with Crippen molar-refractivity contribution >= 4 is 128 Å². The molecule has 0 unspecified atom stereocenters. The molecule has 3 amide bonds. The number of benzene rings is 10. The van der Waals surface area contributed by atoms with Crippen LogP contribution in [-0.2, 0) is 64.1 Å². The van der Waals surface area contributed by atoms with Gasteiger partial charge in [0.15, 0.2) is 11.6 Å². The third kappa shape index (κ3) is 30.3. The Kier molecular flexibility index (Phi) is 41.7. The number of anilines is 2. The van der Waals surface area contributed by atoms with E-state index in [1.165, 1.54) is 51.8 Å². The van der Waals surface area contributed by atoms with E-state index in [0.29, 0.717) is 197 Å². The number of piperazine rings is 2. The molecule has 0 radical (unpaired) electrons. The first-order valence-electron chi connectivity index (χ1n) is 49.4. The Labute approximate surface area is 895 Å². The minimum Gasteiger partial charge on any atom is -0.496 e. The number of aliphatic carboxylic acids is 1. The van der Waals surface area contributed by atoms with E-state index in [0.717, 1.165) is 80.6 Å². The summed E-state index contributed by atoms with van der Waals surface area (Å²) in [5.74, 6) is -0.0397. The molecule has 149 heavy (non-hydrogen) atoms. The largest absolute Gasteiger partial charge is 0.496 e. The molecule has 16 rings (SSSR count). The van der Waals surface area contributed by atoms with E-state index in [4.69, 9.17) is 133 Å². The van der Waals surface area contributed by atoms with Crippen molar-refractivity contribution in [2.45, 2.75) is 128 Å². The van der Waals surface area contributed by atoms with Gasteiger partial charge in [-0.3, -0.25) is 38.8 Å². The molecule has 0 saturated carbocycles. The number of ketones is 2. The van der Waals surface area contributed by atoms with Crippen LogP contribution in [0.4, 0.5) is 20.2 Å². The molecule has 780 valence electrons. The zero-order chi connectivity index (χ0) is 105. The first kappa shape index (κ1) is 112. The van der Waals surface area contributed by atoms with E-state index in [9.17, 15) is 28.8 Å². The normalized spacial score (nSPS) is 15.0. The van der Waals surface area contributed by atoms with Gasteiger partial charge < -0.3 is 73.7 Å². The topological polar surface area (TPSA) is 319 Å². The highest BCUT2D eigenvalue weighted by atomic mass is 35.5. The maximum atomic E-state index is 15.4. The number of rotatable bonds is 44. The van der Waals surface area contributed by atoms with Gasteiger partial charge in [0.1, 0.15) is 46.3 Å². The second-order valence-electron chi connectivity index (χ2n) is 35.7. The van der Waals surface area contributed by atoms with E-state index < -0.39 is 17.6 Å². The number of carboxylic acid groups (broad SMARTS) is 1. The monoisotopic (exact) mass is 2140 g/mol. The van der Waals surface area contributed by atoms with Crippen LogP contribution in [0.2, 0.25) is 30.1 Å². The molecule has 6 heterocycles. The number of carbonyl (C=O) groups is 6. The zero-order valence-electron chi connectivity index (χ0n) is 83.6. The predicted octanol–water partition coefficient (Wildman–Crippen LogP) is 21.8. The smallest absolute Gasteiger partial charge is 0.303 e. The maximum absolute atomic E-state index is 15.4. The van der Waals surface area contributed by atoms with Crippen LogP contribution in [-0.4, -0.2) is 209 Å². The molecular weight excluding hydrogens is 2030 g/mol. The molecule has 27 nitrogen and oxygen atoms in total. The van der Waals surface area contributed by atoms with Gasteiger partial charge in [-0.25, -0.2) is 28.7 Å². The van der Waals surface area contributed by atoms with Crippen LogP contribution in [0.1, 0.15) is 178 Å². The lowest BCUT2D eigenvalue weighted by atomic mass is 9.94. The summed E-state index contributed by atoms with van der Waals surface area (Å²) in [6.07, 6.45) is 7.53. The fourth-order valence-corrected chi connectivity index (χ4v) is 19.2. The molecule has 4 aliphatic heterocycles. The second kappa shape index (κ2) is 55.6. The second-order valence-corrected chi connectivity index (χ2v) is 38.3. The van der Waals surface area contributed by atoms with Crippen molar-refractivity contribution in [2.24, 2.45) is 9.98 Å². The van der Waals surface area contributed by atoms with E-state index in [2.05, 4.69) is 73.8 Å². The highest BCUT2D eigenvalue weighted by Crippen LogP contribution is 2.43. The summed E-state index contributed by atoms with van der Waals surface area (Å²) >= 11 is 37.4. The number of methoxy groups -OCH3 is 4. The number of aliphatic imine (C=N–C) groups is 2. The van der Waals surface area contributed by atoms with Crippen molar-refractivity contribution in [3.8, 4) is 45.5 Å². The number of nitrogens with zero attached hydrogens (tertiary/aromatic N) is 9. The number of halogens is 8. The lowest BCUT2D eigenvalue weighted by molar-refractivity contribution is -0.138. The highest BCUT2D eigenvalue weighted by Gasteiger charge is 2.38. The minimum atomic E-state index is -1.02. The third-order valence-corrected chi connectivity index (χ3v) is 27.3. The maximum Gasteiger partial charge on any atom is 0.303 e. The fraction of sp³-hybridized carbons (Fsp3) is 0.333. The van der Waals surface area contributed by atoms with Crippen molar-refractivity contribution in [2.75, 3.05) is 130 Å². The standard InChI is InChI=1S/C57H58Cl3FN6O7.C39H40ClFN4O8.C18H20Cl2N2/c1-4-42-34-66(35-48(37-11-13-39(58)14-12-37)67(42)43-18-15-40(59)16-19-43)54(70)23-22-53(69)62-24-26-74-28-27-73-25-6-8-49(68)45-20-10-36(29-51(45)72-3)30-52-63-32-38-33-64-57(55-47(61)7-5-9-50(55)71-2)46-31-41(60)17-21-44(46)56(38)65-52;1-50-32-7-3-5-30(41)37(32)39-29-21-26(40)9-11-27(29)38-25(23-44-39)22-43-34(45-38)20-24-8-10-28(33(19-24)51-2)31(46)6-4-15-52-17-18-53-16-14-42-35(47)12-13-36(48)49;1-2-16-11-21-12-18(13-3-5-14(19)6-4-13)22(16)17-9-7-15(20)8-10-17/h5,7,9-21,29,31-32,42,48H,4,6,8,22-28,30,33-35H2,1-3H3,(H,62,69);3,5,7-11,19,21-22H,4,6,12-18,20,23H2,1-2H3,(H,42,47)(H,48,49);3-10,16,18,21H,2,11-12H2,1H3/t42-,48-;;16-,18-/m0.0/s1. The Hall–Kier alpha value is -12.9. The lowest BCUT2D eigenvalue weighted by Crippen LogP contribution is -2.56. The first-order valence-corrected chi connectivity index (χ1v) is 51.7. The average molecular weight is 2150 g/mol. The van der Waals surface area contributed by atoms with Gasteiger partial charge in [-0.2, -0.15) is 0 Å². The average Bonchev–Trinajstić information content (AvgIpc) is 1.67. The number of fused-ring (bicyclic) bond motifs is 6. The fourth-order valence-electron chi connectivity index (χ4n) is 18.3. The Morgan fingerprint density at radius 2 is 0.832 bits per heavy atom. The van der Waals surface area contributed by atoms with Gasteiger partial charge >= 0.3 is 5.97 Å². The molecule has 0 aliphatic carbocycles. The summed E-state index contributed by atoms with van der Waals surface area (Å²) in [4.78, 5) is 110. The van der Waals surface area contributed by atoms with Crippen LogP contribution in [0, 0.1) is 11.6 Å². The molecule has 0 bridgehead atoms. The Morgan fingerprint density at radius 1 is 0.423 bits per heavy atom. The Bertz CT molecular complexity index is 6720. The van der Waals surface area contributed by atoms with E-state index in [1.54, 1.807) is 73.1 Å². The van der Waals surface area contributed by atoms with Gasteiger partial charge in [0.25, 0.3) is 0 Å². The molecule has 12 aromatic rings. The molecular formula is C114H118Cl6F2N12O15. The SMILES string of the molecule is CC[C@H]1CN(C(=O)CCC(=O)NCCOCCOCCCC(=O)c2ccc(Cc3ncc4c(n3)-c3ccc(Cl)cc3C(c3c(F)cccc3OC)=NC4)cc2OC)C[C@@H](c2ccc(Cl)cc2)N1c1ccc(Cl)cc1.CC[C@H]1CNC[C@@H](c2ccc(Cl)cc2)N1c1ccc(Cl)cc1.COc1cc(Cc2ncc3c(n2)-c2ccc(Cl)cc2C(c2c(F)cccc2OC)=NC3)ccc1C(=O)CCCOCCOCCNC(=O)CCC(=O)O. The summed E-state index contributed by atoms with van der Waals surface area (Å²) in [5.41, 5.74) is 14.1. The van der Waals surface area contributed by atoms with Crippen LogP contribution < -0.4 is 44.7 Å². The number of aromatic nitrogens is 4. The van der Waals surface area contributed by atoms with Gasteiger partial charge in [0.05, 0.1) is 145 Å². The minimum absolute atomic E-state index is 0.0548. The van der Waals surface area contributed by atoms with Crippen molar-refractivity contribution in [1.29, 1.82) is 0 Å². The number of hydrogen-bond acceptors (Lipinski definition) is 23. The molecule has 2 aromatic heterocycles. The number of ether oxygens (including phenoxy) is 8. The van der Waals surface area contributed by atoms with Crippen LogP contribution >= 0.6 is 69.6 Å². The number of hydrogen-bond donors (Lipinski definition) is 4. The lowest BCUT2D eigenvalue weighted by Gasteiger charge is -2.48. The van der Waals surface area contributed by atoms with E-state index in [1.807, 2.05) is 114 Å². The number of amides is 3. The summed E-state index contributed by atoms with van der Waals surface area (Å²) in [5, 5.41) is 21.4. The number of carboxylic acids is 1. The van der Waals surface area contributed by atoms with Crippen molar-refractivity contribution in [3.05, 3.63) is 339 Å². The van der Waals surface area contributed by atoms with Crippen LogP contribution in [0.15, 0.2) is 229 Å². The van der Waals surface area contributed by atoms with Gasteiger partial charge in [-0.1, -0.05) is 144 Å². The van der Waals surface area contributed by atoms with Gasteiger partial charge in [-0.15, -0.1) is 0 Å². The predicted molar refractivity (Wildman–Crippen MR) is 578 cm³/mol.